The normalized spacial score (nSPS) is 16.6. The van der Waals surface area contributed by atoms with Gasteiger partial charge in [-0.2, -0.15) is 0 Å². The van der Waals surface area contributed by atoms with E-state index in [1.807, 2.05) is 13.8 Å². The molecule has 0 N–H and O–H groups in total. The van der Waals surface area contributed by atoms with Gasteiger partial charge in [0.25, 0.3) is 0 Å². The van der Waals surface area contributed by atoms with Crippen LogP contribution in [0.2, 0.25) is 0 Å². The van der Waals surface area contributed by atoms with E-state index in [0.29, 0.717) is 13.2 Å². The maximum Gasteiger partial charge on any atom is 0.337 e. The Morgan fingerprint density at radius 3 is 2.00 bits per heavy atom. The molecule has 5 heteroatoms. The summed E-state index contributed by atoms with van der Waals surface area (Å²) in [5, 5.41) is 0. The molecule has 0 saturated heterocycles. The number of hydrogen-bond acceptors (Lipinski definition) is 5. The molecule has 0 aromatic heterocycles. The van der Waals surface area contributed by atoms with Gasteiger partial charge in [0.15, 0.2) is 18.7 Å². The molecule has 0 aromatic rings. The van der Waals surface area contributed by atoms with Crippen molar-refractivity contribution in [3.63, 3.8) is 0 Å². The highest BCUT2D eigenvalue weighted by Crippen LogP contribution is 2.04. The maximum atomic E-state index is 11.5. The van der Waals surface area contributed by atoms with Crippen molar-refractivity contribution in [2.45, 2.75) is 53.3 Å². The van der Waals surface area contributed by atoms with Crippen molar-refractivity contribution in [3.8, 4) is 0 Å². The van der Waals surface area contributed by atoms with Crippen LogP contribution in [0.5, 0.6) is 0 Å². The fraction of sp³-hybridized carbons (Fsp3) is 0.909. The maximum absolute atomic E-state index is 11.5. The van der Waals surface area contributed by atoms with Gasteiger partial charge in [0.2, 0.25) is 0 Å². The Morgan fingerprint density at radius 2 is 1.50 bits per heavy atom. The van der Waals surface area contributed by atoms with Crippen LogP contribution in [0.4, 0.5) is 0 Å². The zero-order valence-corrected chi connectivity index (χ0v) is 10.7. The summed E-state index contributed by atoms with van der Waals surface area (Å²) in [4.78, 5) is 11.5. The molecule has 0 aliphatic heterocycles. The highest BCUT2D eigenvalue weighted by Gasteiger charge is 2.20. The number of carbonyl (C=O) groups is 1. The van der Waals surface area contributed by atoms with E-state index in [1.165, 1.54) is 0 Å². The Hall–Kier alpha value is -0.650. The molecule has 0 saturated carbocycles. The highest BCUT2D eigenvalue weighted by atomic mass is 16.7. The van der Waals surface area contributed by atoms with Gasteiger partial charge in [0.05, 0.1) is 0 Å². The van der Waals surface area contributed by atoms with E-state index in [4.69, 9.17) is 18.9 Å². The molecule has 0 bridgehead atoms. The third-order valence-corrected chi connectivity index (χ3v) is 1.81. The van der Waals surface area contributed by atoms with Gasteiger partial charge < -0.3 is 18.9 Å². The van der Waals surface area contributed by atoms with E-state index in [0.717, 1.165) is 0 Å². The van der Waals surface area contributed by atoms with Crippen molar-refractivity contribution >= 4 is 5.97 Å². The topological polar surface area (TPSA) is 54.0 Å². The summed E-state index contributed by atoms with van der Waals surface area (Å²) in [6, 6.07) is 0. The van der Waals surface area contributed by atoms with E-state index < -0.39 is 24.7 Å². The van der Waals surface area contributed by atoms with Crippen molar-refractivity contribution in [1.82, 2.24) is 0 Å². The first-order valence-electron chi connectivity index (χ1n) is 5.60. The summed E-state index contributed by atoms with van der Waals surface area (Å²) in [5.74, 6) is -0.451. The fourth-order valence-electron chi connectivity index (χ4n) is 1.15. The molecule has 0 radical (unpaired) electrons. The van der Waals surface area contributed by atoms with Gasteiger partial charge in [-0.05, 0) is 34.6 Å². The Labute approximate surface area is 97.0 Å². The predicted octanol–water partition coefficient (Wildman–Crippen LogP) is 1.70. The van der Waals surface area contributed by atoms with Crippen LogP contribution < -0.4 is 0 Å². The van der Waals surface area contributed by atoms with Gasteiger partial charge in [-0.15, -0.1) is 0 Å². The SMILES string of the molecule is CCOC(C)OC(=O)C(C)OC(C)OCC. The van der Waals surface area contributed by atoms with Gasteiger partial charge in [-0.1, -0.05) is 0 Å². The average Bonchev–Trinajstić information content (AvgIpc) is 2.17. The largest absolute Gasteiger partial charge is 0.434 e. The van der Waals surface area contributed by atoms with Crippen LogP contribution in [-0.2, 0) is 23.7 Å². The van der Waals surface area contributed by atoms with Crippen molar-refractivity contribution in [3.05, 3.63) is 0 Å². The molecule has 96 valence electrons. The van der Waals surface area contributed by atoms with Crippen LogP contribution in [0.25, 0.3) is 0 Å². The number of esters is 1. The van der Waals surface area contributed by atoms with Gasteiger partial charge in [-0.25, -0.2) is 4.79 Å². The highest BCUT2D eigenvalue weighted by molar-refractivity contribution is 5.74. The zero-order valence-electron chi connectivity index (χ0n) is 10.7. The first kappa shape index (κ1) is 15.3. The molecule has 0 aromatic carbocycles. The molecular formula is C11H22O5. The molecule has 3 unspecified atom stereocenters. The lowest BCUT2D eigenvalue weighted by molar-refractivity contribution is -0.203. The van der Waals surface area contributed by atoms with E-state index in [1.54, 1.807) is 20.8 Å². The summed E-state index contributed by atoms with van der Waals surface area (Å²) in [6.45, 7) is 9.76. The summed E-state index contributed by atoms with van der Waals surface area (Å²) in [5.41, 5.74) is 0. The molecule has 0 aliphatic carbocycles. The number of ether oxygens (including phenoxy) is 4. The molecular weight excluding hydrogens is 212 g/mol. The second kappa shape index (κ2) is 8.50. The minimum atomic E-state index is -0.663. The first-order chi connectivity index (χ1) is 7.51. The third kappa shape index (κ3) is 6.76. The van der Waals surface area contributed by atoms with Crippen molar-refractivity contribution in [2.75, 3.05) is 13.2 Å². The lowest BCUT2D eigenvalue weighted by Gasteiger charge is -2.20. The standard InChI is InChI=1S/C11H22O5/c1-6-13-9(4)15-8(3)11(12)16-10(5)14-7-2/h8-10H,6-7H2,1-5H3. The van der Waals surface area contributed by atoms with Gasteiger partial charge in [0.1, 0.15) is 0 Å². The Balaban J connectivity index is 3.89. The Kier molecular flexibility index (Phi) is 8.15. The average molecular weight is 234 g/mol. The van der Waals surface area contributed by atoms with Gasteiger partial charge in [-0.3, -0.25) is 0 Å². The van der Waals surface area contributed by atoms with E-state index in [2.05, 4.69) is 0 Å². The summed E-state index contributed by atoms with van der Waals surface area (Å²) >= 11 is 0. The summed E-state index contributed by atoms with van der Waals surface area (Å²) in [6.07, 6.45) is -1.63. The number of rotatable bonds is 8. The van der Waals surface area contributed by atoms with Gasteiger partial charge in [0, 0.05) is 13.2 Å². The number of hydrogen-bond donors (Lipinski definition) is 0. The minimum absolute atomic E-state index is 0.421. The quantitative estimate of drug-likeness (QED) is 0.472. The lowest BCUT2D eigenvalue weighted by Crippen LogP contribution is -2.31. The van der Waals surface area contributed by atoms with Crippen molar-refractivity contribution in [1.29, 1.82) is 0 Å². The molecule has 0 amide bonds. The molecule has 16 heavy (non-hydrogen) atoms. The predicted molar refractivity (Wildman–Crippen MR) is 58.8 cm³/mol. The number of carbonyl (C=O) groups excluding carboxylic acids is 1. The molecule has 0 fully saturated rings. The van der Waals surface area contributed by atoms with Gasteiger partial charge >= 0.3 is 5.97 Å². The van der Waals surface area contributed by atoms with Crippen LogP contribution in [0.3, 0.4) is 0 Å². The third-order valence-electron chi connectivity index (χ3n) is 1.81. The second-order valence-corrected chi connectivity index (χ2v) is 3.26. The molecule has 3 atom stereocenters. The zero-order chi connectivity index (χ0) is 12.6. The molecule has 0 aliphatic rings. The molecule has 0 rings (SSSR count). The lowest BCUT2D eigenvalue weighted by atomic mass is 10.4. The molecule has 0 spiro atoms. The minimum Gasteiger partial charge on any atom is -0.434 e. The monoisotopic (exact) mass is 234 g/mol. The second-order valence-electron chi connectivity index (χ2n) is 3.26. The summed E-state index contributed by atoms with van der Waals surface area (Å²) < 4.78 is 20.5. The Morgan fingerprint density at radius 1 is 1.00 bits per heavy atom. The Bertz CT molecular complexity index is 195. The summed E-state index contributed by atoms with van der Waals surface area (Å²) in [7, 11) is 0. The van der Waals surface area contributed by atoms with Crippen molar-refractivity contribution in [2.24, 2.45) is 0 Å². The molecule has 0 heterocycles. The van der Waals surface area contributed by atoms with E-state index in [9.17, 15) is 4.79 Å². The first-order valence-corrected chi connectivity index (χ1v) is 5.60. The van der Waals surface area contributed by atoms with Crippen LogP contribution in [0.1, 0.15) is 34.6 Å². The fourth-order valence-corrected chi connectivity index (χ4v) is 1.15. The van der Waals surface area contributed by atoms with E-state index in [-0.39, 0.29) is 0 Å². The van der Waals surface area contributed by atoms with Crippen LogP contribution >= 0.6 is 0 Å². The smallest absolute Gasteiger partial charge is 0.337 e. The van der Waals surface area contributed by atoms with Crippen molar-refractivity contribution < 1.29 is 23.7 Å². The van der Waals surface area contributed by atoms with E-state index >= 15 is 0 Å². The molecule has 5 nitrogen and oxygen atoms in total. The van der Waals surface area contributed by atoms with Crippen LogP contribution in [0.15, 0.2) is 0 Å². The van der Waals surface area contributed by atoms with Crippen LogP contribution in [0, 0.1) is 0 Å². The van der Waals surface area contributed by atoms with Crippen LogP contribution in [-0.4, -0.2) is 37.9 Å².